The van der Waals surface area contributed by atoms with Crippen molar-refractivity contribution in [2.75, 3.05) is 5.32 Å². The Kier molecular flexibility index (Phi) is 4.49. The minimum absolute atomic E-state index is 0.265. The van der Waals surface area contributed by atoms with E-state index in [0.717, 1.165) is 4.68 Å². The maximum absolute atomic E-state index is 13.7. The van der Waals surface area contributed by atoms with Crippen LogP contribution in [-0.4, -0.2) is 25.5 Å². The first-order valence-electron chi connectivity index (χ1n) is 7.42. The first kappa shape index (κ1) is 17.6. The minimum atomic E-state index is -1.76. The number of hydrogen-bond donors (Lipinski definition) is 1. The van der Waals surface area contributed by atoms with Crippen molar-refractivity contribution in [3.05, 3.63) is 64.7 Å². The molecule has 3 aromatic rings. The summed E-state index contributed by atoms with van der Waals surface area (Å²) < 4.78 is 56.3. The topological polar surface area (TPSA) is 64.7 Å². The molecule has 0 aliphatic rings. The largest absolute Gasteiger partial charge is 0.319 e. The van der Waals surface area contributed by atoms with Crippen molar-refractivity contribution in [3.8, 4) is 0 Å². The number of halogens is 4. The van der Waals surface area contributed by atoms with Gasteiger partial charge in [-0.2, -0.15) is 10.2 Å². The Morgan fingerprint density at radius 3 is 2.50 bits per heavy atom. The van der Waals surface area contributed by atoms with Gasteiger partial charge in [0.05, 0.1) is 30.2 Å². The summed E-state index contributed by atoms with van der Waals surface area (Å²) in [4.78, 5) is 12.2. The molecule has 0 saturated heterocycles. The van der Waals surface area contributed by atoms with E-state index in [-0.39, 0.29) is 11.8 Å². The maximum atomic E-state index is 13.7. The van der Waals surface area contributed by atoms with E-state index >= 15 is 0 Å². The molecule has 0 radical (unpaired) electrons. The lowest BCUT2D eigenvalue weighted by atomic mass is 10.2. The summed E-state index contributed by atoms with van der Waals surface area (Å²) in [7, 11) is 1.69. The second-order valence-electron chi connectivity index (χ2n) is 5.59. The monoisotopic (exact) mass is 367 g/mol. The minimum Gasteiger partial charge on any atom is -0.319 e. The van der Waals surface area contributed by atoms with Crippen molar-refractivity contribution in [2.45, 2.75) is 13.5 Å². The van der Waals surface area contributed by atoms with Crippen LogP contribution in [0.2, 0.25) is 0 Å². The molecule has 0 bridgehead atoms. The average Bonchev–Trinajstić information content (AvgIpc) is 3.16. The lowest BCUT2D eigenvalue weighted by molar-refractivity contribution is 0.102. The molecule has 0 aliphatic heterocycles. The highest BCUT2D eigenvalue weighted by atomic mass is 19.2. The molecule has 1 amide bonds. The van der Waals surface area contributed by atoms with E-state index in [1.165, 1.54) is 23.3 Å². The normalized spacial score (nSPS) is 11.0. The second-order valence-corrected chi connectivity index (χ2v) is 5.59. The van der Waals surface area contributed by atoms with E-state index in [2.05, 4.69) is 15.5 Å². The number of amides is 1. The van der Waals surface area contributed by atoms with Gasteiger partial charge in [0.2, 0.25) is 0 Å². The number of rotatable bonds is 4. The lowest BCUT2D eigenvalue weighted by Gasteiger charge is -2.07. The Labute approximate surface area is 145 Å². The molecular weight excluding hydrogens is 354 g/mol. The number of carbonyl (C=O) groups is 1. The Morgan fingerprint density at radius 2 is 1.85 bits per heavy atom. The van der Waals surface area contributed by atoms with Gasteiger partial charge in [-0.05, 0) is 6.92 Å². The van der Waals surface area contributed by atoms with Crippen LogP contribution < -0.4 is 5.32 Å². The molecule has 1 N–H and O–H groups in total. The number of aryl methyl sites for hydroxylation is 1. The van der Waals surface area contributed by atoms with Gasteiger partial charge in [-0.15, -0.1) is 0 Å². The highest BCUT2D eigenvalue weighted by Gasteiger charge is 2.20. The summed E-state index contributed by atoms with van der Waals surface area (Å²) in [6, 6.07) is 0.269. The Balaban J connectivity index is 1.78. The predicted molar refractivity (Wildman–Crippen MR) is 83.5 cm³/mol. The third-order valence-corrected chi connectivity index (χ3v) is 3.90. The number of benzene rings is 1. The lowest BCUT2D eigenvalue weighted by Crippen LogP contribution is -2.12. The SMILES string of the molecule is Cc1c(C(=O)Nc2cnn(Cc3c(F)cc(F)c(F)c3F)c2)cnn1C. The average molecular weight is 367 g/mol. The van der Waals surface area contributed by atoms with Gasteiger partial charge in [-0.25, -0.2) is 17.6 Å². The van der Waals surface area contributed by atoms with Gasteiger partial charge in [0.1, 0.15) is 5.82 Å². The summed E-state index contributed by atoms with van der Waals surface area (Å²) in [5.41, 5.74) is 0.605. The standard InChI is InChI=1S/C16H13F4N5O/c1-8-10(5-21-24(8)2)16(26)23-9-4-22-25(6-9)7-11-12(17)3-13(18)15(20)14(11)19/h3-6H,7H2,1-2H3,(H,23,26). The number of hydrogen-bond acceptors (Lipinski definition) is 3. The fourth-order valence-corrected chi connectivity index (χ4v) is 2.35. The van der Waals surface area contributed by atoms with Crippen LogP contribution in [0.5, 0.6) is 0 Å². The van der Waals surface area contributed by atoms with E-state index in [0.29, 0.717) is 11.3 Å². The third-order valence-electron chi connectivity index (χ3n) is 3.90. The molecular formula is C16H13F4N5O. The highest BCUT2D eigenvalue weighted by Crippen LogP contribution is 2.20. The van der Waals surface area contributed by atoms with Crippen molar-refractivity contribution in [1.29, 1.82) is 0 Å². The molecule has 0 unspecified atom stereocenters. The quantitative estimate of drug-likeness (QED) is 0.438. The molecule has 6 nitrogen and oxygen atoms in total. The number of aromatic nitrogens is 4. The second kappa shape index (κ2) is 6.62. The van der Waals surface area contributed by atoms with Crippen LogP contribution in [0.15, 0.2) is 24.7 Å². The van der Waals surface area contributed by atoms with Gasteiger partial charge in [0, 0.05) is 30.6 Å². The fourth-order valence-electron chi connectivity index (χ4n) is 2.35. The summed E-state index contributed by atoms with van der Waals surface area (Å²) in [5.74, 6) is -6.64. The van der Waals surface area contributed by atoms with E-state index in [1.807, 2.05) is 0 Å². The summed E-state index contributed by atoms with van der Waals surface area (Å²) in [6.45, 7) is 1.25. The molecule has 0 aliphatic carbocycles. The van der Waals surface area contributed by atoms with Crippen molar-refractivity contribution in [1.82, 2.24) is 19.6 Å². The number of carbonyl (C=O) groups excluding carboxylic acids is 1. The smallest absolute Gasteiger partial charge is 0.259 e. The first-order chi connectivity index (χ1) is 12.3. The zero-order valence-electron chi connectivity index (χ0n) is 13.7. The van der Waals surface area contributed by atoms with Crippen molar-refractivity contribution in [2.24, 2.45) is 7.05 Å². The van der Waals surface area contributed by atoms with Gasteiger partial charge in [0.25, 0.3) is 5.91 Å². The summed E-state index contributed by atoms with van der Waals surface area (Å²) >= 11 is 0. The number of nitrogens with one attached hydrogen (secondary N) is 1. The Morgan fingerprint density at radius 1 is 1.12 bits per heavy atom. The van der Waals surface area contributed by atoms with E-state index in [9.17, 15) is 22.4 Å². The number of anilines is 1. The van der Waals surface area contributed by atoms with Crippen molar-refractivity contribution in [3.63, 3.8) is 0 Å². The molecule has 0 atom stereocenters. The van der Waals surface area contributed by atoms with Crippen LogP contribution in [0.1, 0.15) is 21.6 Å². The molecule has 1 aromatic carbocycles. The maximum Gasteiger partial charge on any atom is 0.259 e. The van der Waals surface area contributed by atoms with Gasteiger partial charge >= 0.3 is 0 Å². The van der Waals surface area contributed by atoms with Crippen LogP contribution in [0.25, 0.3) is 0 Å². The van der Waals surface area contributed by atoms with E-state index < -0.39 is 41.3 Å². The van der Waals surface area contributed by atoms with E-state index in [4.69, 9.17) is 0 Å². The van der Waals surface area contributed by atoms with Crippen molar-refractivity contribution >= 4 is 11.6 Å². The van der Waals surface area contributed by atoms with Gasteiger partial charge in [-0.1, -0.05) is 0 Å². The number of nitrogens with zero attached hydrogens (tertiary/aromatic N) is 4. The van der Waals surface area contributed by atoms with Crippen LogP contribution >= 0.6 is 0 Å². The van der Waals surface area contributed by atoms with Crippen LogP contribution in [0, 0.1) is 30.2 Å². The molecule has 10 heteroatoms. The van der Waals surface area contributed by atoms with Crippen LogP contribution in [0.3, 0.4) is 0 Å². The van der Waals surface area contributed by atoms with Crippen molar-refractivity contribution < 1.29 is 22.4 Å². The first-order valence-corrected chi connectivity index (χ1v) is 7.42. The summed E-state index contributed by atoms with van der Waals surface area (Å²) in [5, 5.41) is 10.4. The Bertz CT molecular complexity index is 995. The molecule has 0 saturated carbocycles. The Hall–Kier alpha value is -3.17. The zero-order valence-corrected chi connectivity index (χ0v) is 13.7. The molecule has 2 heterocycles. The predicted octanol–water partition coefficient (Wildman–Crippen LogP) is 2.78. The molecule has 0 spiro atoms. The molecule has 26 heavy (non-hydrogen) atoms. The van der Waals surface area contributed by atoms with Crippen LogP contribution in [0.4, 0.5) is 23.2 Å². The molecule has 0 fully saturated rings. The third kappa shape index (κ3) is 3.17. The summed E-state index contributed by atoms with van der Waals surface area (Å²) in [6.07, 6.45) is 3.98. The molecule has 2 aromatic heterocycles. The zero-order chi connectivity index (χ0) is 19.0. The van der Waals surface area contributed by atoms with Gasteiger partial charge in [0.15, 0.2) is 17.5 Å². The molecule has 3 rings (SSSR count). The molecule has 136 valence electrons. The van der Waals surface area contributed by atoms with Gasteiger partial charge in [-0.3, -0.25) is 14.2 Å². The van der Waals surface area contributed by atoms with E-state index in [1.54, 1.807) is 14.0 Å². The van der Waals surface area contributed by atoms with Crippen LogP contribution in [-0.2, 0) is 13.6 Å². The van der Waals surface area contributed by atoms with Gasteiger partial charge < -0.3 is 5.32 Å². The highest BCUT2D eigenvalue weighted by molar-refractivity contribution is 6.04. The fraction of sp³-hybridized carbons (Fsp3) is 0.188.